The lowest BCUT2D eigenvalue weighted by atomic mass is 10.1. The van der Waals surface area contributed by atoms with Gasteiger partial charge < -0.3 is 10.1 Å². The third-order valence-corrected chi connectivity index (χ3v) is 5.70. The number of amides is 1. The Morgan fingerprint density at radius 2 is 1.76 bits per heavy atom. The van der Waals surface area contributed by atoms with Crippen LogP contribution >= 0.6 is 0 Å². The van der Waals surface area contributed by atoms with Gasteiger partial charge in [0, 0.05) is 43.4 Å². The first kappa shape index (κ1) is 21.2. The Hall–Kier alpha value is -3.62. The fourth-order valence-corrected chi connectivity index (χ4v) is 3.94. The van der Waals surface area contributed by atoms with Crippen molar-refractivity contribution in [2.24, 2.45) is 0 Å². The average Bonchev–Trinajstić information content (AvgIpc) is 3.29. The molecule has 5 rings (SSSR count). The standard InChI is InChI=1S/C25H24FN5O2/c26-20-9-5-4-8-19(20)22-16-23(25(32)27-10-11-30-12-14-33-15-13-30)31-24(28-22)17-21(29-31)18-6-2-1-3-7-18/h1-9,16-17H,10-15H2,(H,27,32). The molecule has 3 heterocycles. The summed E-state index contributed by atoms with van der Waals surface area (Å²) in [4.78, 5) is 20.0. The zero-order valence-electron chi connectivity index (χ0n) is 18.1. The van der Waals surface area contributed by atoms with Gasteiger partial charge in [0.2, 0.25) is 0 Å². The second-order valence-electron chi connectivity index (χ2n) is 7.88. The van der Waals surface area contributed by atoms with Crippen molar-refractivity contribution in [3.63, 3.8) is 0 Å². The minimum Gasteiger partial charge on any atom is -0.379 e. The van der Waals surface area contributed by atoms with Crippen LogP contribution in [-0.2, 0) is 4.74 Å². The van der Waals surface area contributed by atoms with Gasteiger partial charge in [0.05, 0.1) is 24.6 Å². The van der Waals surface area contributed by atoms with Crippen molar-refractivity contribution >= 4 is 11.6 Å². The molecule has 168 valence electrons. The predicted molar refractivity (Wildman–Crippen MR) is 123 cm³/mol. The highest BCUT2D eigenvalue weighted by Gasteiger charge is 2.19. The molecular formula is C25H24FN5O2. The number of aromatic nitrogens is 3. The summed E-state index contributed by atoms with van der Waals surface area (Å²) in [6.45, 7) is 4.35. The van der Waals surface area contributed by atoms with Crippen molar-refractivity contribution in [2.75, 3.05) is 39.4 Å². The first-order valence-electron chi connectivity index (χ1n) is 11.0. The van der Waals surface area contributed by atoms with Crippen LogP contribution in [0.5, 0.6) is 0 Å². The van der Waals surface area contributed by atoms with Gasteiger partial charge in [-0.15, -0.1) is 0 Å². The number of halogens is 1. The van der Waals surface area contributed by atoms with Crippen LogP contribution in [0.25, 0.3) is 28.2 Å². The highest BCUT2D eigenvalue weighted by molar-refractivity contribution is 5.94. The Morgan fingerprint density at radius 3 is 2.55 bits per heavy atom. The molecule has 1 N–H and O–H groups in total. The summed E-state index contributed by atoms with van der Waals surface area (Å²) < 4.78 is 21.4. The number of fused-ring (bicyclic) bond motifs is 1. The van der Waals surface area contributed by atoms with E-state index in [9.17, 15) is 9.18 Å². The normalized spacial score (nSPS) is 14.5. The van der Waals surface area contributed by atoms with Gasteiger partial charge in [-0.05, 0) is 18.2 Å². The van der Waals surface area contributed by atoms with Crippen LogP contribution in [0.2, 0.25) is 0 Å². The molecule has 8 heteroatoms. The number of morpholine rings is 1. The number of hydrogen-bond donors (Lipinski definition) is 1. The van der Waals surface area contributed by atoms with E-state index in [1.54, 1.807) is 24.3 Å². The fraction of sp³-hybridized carbons (Fsp3) is 0.240. The molecule has 1 amide bonds. The first-order valence-corrected chi connectivity index (χ1v) is 11.0. The van der Waals surface area contributed by atoms with Crippen LogP contribution in [0.15, 0.2) is 66.7 Å². The fourth-order valence-electron chi connectivity index (χ4n) is 3.94. The molecule has 4 aromatic rings. The third kappa shape index (κ3) is 4.62. The van der Waals surface area contributed by atoms with Gasteiger partial charge in [-0.3, -0.25) is 9.69 Å². The second-order valence-corrected chi connectivity index (χ2v) is 7.88. The number of ether oxygens (including phenoxy) is 1. The largest absolute Gasteiger partial charge is 0.379 e. The van der Waals surface area contributed by atoms with Gasteiger partial charge in [0.25, 0.3) is 5.91 Å². The molecule has 1 aliphatic rings. The molecule has 0 aliphatic carbocycles. The summed E-state index contributed by atoms with van der Waals surface area (Å²) in [5, 5.41) is 7.61. The van der Waals surface area contributed by atoms with Gasteiger partial charge in [0.1, 0.15) is 11.5 Å². The number of carbonyl (C=O) groups is 1. The molecule has 1 aliphatic heterocycles. The maximum atomic E-state index is 14.5. The third-order valence-electron chi connectivity index (χ3n) is 5.70. The highest BCUT2D eigenvalue weighted by Crippen LogP contribution is 2.25. The number of nitrogens with one attached hydrogen (secondary N) is 1. The Labute approximate surface area is 190 Å². The molecule has 7 nitrogen and oxygen atoms in total. The van der Waals surface area contributed by atoms with Crippen LogP contribution in [0.3, 0.4) is 0 Å². The molecule has 0 atom stereocenters. The quantitative estimate of drug-likeness (QED) is 0.493. The van der Waals surface area contributed by atoms with Crippen molar-refractivity contribution in [3.8, 4) is 22.5 Å². The number of hydrogen-bond acceptors (Lipinski definition) is 5. The number of rotatable bonds is 6. The highest BCUT2D eigenvalue weighted by atomic mass is 19.1. The molecule has 33 heavy (non-hydrogen) atoms. The molecule has 0 spiro atoms. The molecule has 1 saturated heterocycles. The minimum absolute atomic E-state index is 0.282. The molecular weight excluding hydrogens is 421 g/mol. The van der Waals surface area contributed by atoms with E-state index in [0.29, 0.717) is 48.1 Å². The zero-order chi connectivity index (χ0) is 22.6. The lowest BCUT2D eigenvalue weighted by Gasteiger charge is -2.26. The summed E-state index contributed by atoms with van der Waals surface area (Å²) in [5.41, 5.74) is 3.11. The summed E-state index contributed by atoms with van der Waals surface area (Å²) in [6.07, 6.45) is 0. The maximum absolute atomic E-state index is 14.5. The molecule has 0 radical (unpaired) electrons. The van der Waals surface area contributed by atoms with Gasteiger partial charge in [-0.25, -0.2) is 13.9 Å². The Morgan fingerprint density at radius 1 is 1.00 bits per heavy atom. The van der Waals surface area contributed by atoms with Gasteiger partial charge >= 0.3 is 0 Å². The topological polar surface area (TPSA) is 71.8 Å². The van der Waals surface area contributed by atoms with E-state index < -0.39 is 5.82 Å². The molecule has 0 bridgehead atoms. The Bertz CT molecular complexity index is 1270. The molecule has 2 aromatic heterocycles. The van der Waals surface area contributed by atoms with Crippen molar-refractivity contribution in [2.45, 2.75) is 0 Å². The Kier molecular flexibility index (Phi) is 6.10. The lowest BCUT2D eigenvalue weighted by Crippen LogP contribution is -2.41. The molecule has 2 aromatic carbocycles. The SMILES string of the molecule is O=C(NCCN1CCOCC1)c1cc(-c2ccccc2F)nc2cc(-c3ccccc3)nn12. The van der Waals surface area contributed by atoms with Crippen molar-refractivity contribution < 1.29 is 13.9 Å². The maximum Gasteiger partial charge on any atom is 0.270 e. The summed E-state index contributed by atoms with van der Waals surface area (Å²) in [7, 11) is 0. The monoisotopic (exact) mass is 445 g/mol. The Balaban J connectivity index is 1.49. The summed E-state index contributed by atoms with van der Waals surface area (Å²) in [6, 6.07) is 19.5. The van der Waals surface area contributed by atoms with E-state index >= 15 is 0 Å². The molecule has 0 saturated carbocycles. The first-order chi connectivity index (χ1) is 16.2. The smallest absolute Gasteiger partial charge is 0.270 e. The second kappa shape index (κ2) is 9.48. The van der Waals surface area contributed by atoms with Crippen molar-refractivity contribution in [1.82, 2.24) is 24.8 Å². The number of benzene rings is 2. The van der Waals surface area contributed by atoms with Gasteiger partial charge in [-0.1, -0.05) is 42.5 Å². The average molecular weight is 445 g/mol. The van der Waals surface area contributed by atoms with Crippen LogP contribution in [0, 0.1) is 5.82 Å². The molecule has 1 fully saturated rings. The van der Waals surface area contributed by atoms with Gasteiger partial charge in [-0.2, -0.15) is 5.10 Å². The van der Waals surface area contributed by atoms with Crippen molar-refractivity contribution in [1.29, 1.82) is 0 Å². The number of nitrogens with zero attached hydrogens (tertiary/aromatic N) is 4. The van der Waals surface area contributed by atoms with Crippen LogP contribution in [-0.4, -0.2) is 64.8 Å². The predicted octanol–water partition coefficient (Wildman–Crippen LogP) is 3.26. The van der Waals surface area contributed by atoms with Crippen LogP contribution < -0.4 is 5.32 Å². The van der Waals surface area contributed by atoms with E-state index in [1.807, 2.05) is 36.4 Å². The van der Waals surface area contributed by atoms with E-state index in [4.69, 9.17) is 4.74 Å². The van der Waals surface area contributed by atoms with E-state index in [-0.39, 0.29) is 5.91 Å². The van der Waals surface area contributed by atoms with Gasteiger partial charge in [0.15, 0.2) is 5.65 Å². The lowest BCUT2D eigenvalue weighted by molar-refractivity contribution is 0.0383. The van der Waals surface area contributed by atoms with Crippen LogP contribution in [0.1, 0.15) is 10.5 Å². The summed E-state index contributed by atoms with van der Waals surface area (Å²) in [5.74, 6) is -0.674. The van der Waals surface area contributed by atoms with E-state index in [1.165, 1.54) is 10.6 Å². The minimum atomic E-state index is -0.393. The van der Waals surface area contributed by atoms with Crippen molar-refractivity contribution in [3.05, 3.63) is 78.2 Å². The molecule has 0 unspecified atom stereocenters. The summed E-state index contributed by atoms with van der Waals surface area (Å²) >= 11 is 0. The van der Waals surface area contributed by atoms with E-state index in [0.717, 1.165) is 25.2 Å². The van der Waals surface area contributed by atoms with E-state index in [2.05, 4.69) is 20.3 Å². The van der Waals surface area contributed by atoms with Crippen LogP contribution in [0.4, 0.5) is 4.39 Å². The number of carbonyl (C=O) groups excluding carboxylic acids is 1. The zero-order valence-corrected chi connectivity index (χ0v) is 18.1.